The molecular formula is C22H18N2O5. The molecular weight excluding hydrogens is 372 g/mol. The van der Waals surface area contributed by atoms with E-state index in [1.807, 2.05) is 36.4 Å². The summed E-state index contributed by atoms with van der Waals surface area (Å²) >= 11 is 0. The lowest BCUT2D eigenvalue weighted by atomic mass is 9.77. The third-order valence-corrected chi connectivity index (χ3v) is 5.05. The van der Waals surface area contributed by atoms with Crippen molar-refractivity contribution in [1.29, 1.82) is 5.41 Å². The number of nitrogens with one attached hydrogen (secondary N) is 1. The van der Waals surface area contributed by atoms with Crippen LogP contribution in [-0.2, 0) is 9.53 Å². The maximum atomic E-state index is 12.7. The molecule has 1 aliphatic heterocycles. The molecule has 0 aliphatic carbocycles. The first-order valence-electron chi connectivity index (χ1n) is 9.20. The van der Waals surface area contributed by atoms with Gasteiger partial charge in [-0.1, -0.05) is 48.5 Å². The number of benzene rings is 3. The van der Waals surface area contributed by atoms with E-state index in [-0.39, 0.29) is 18.2 Å². The standard InChI is InChI=1S/C22H18N2O5/c1-2-28-22(25)19-18(14-7-5-8-15(12-14)24(26)27)17-11-10-13-6-3-4-9-16(13)20(17)29-21(19)23/h3-12,18-19,23H,2H2,1H3. The number of nitro groups is 1. The number of rotatable bonds is 4. The Kier molecular flexibility index (Phi) is 4.72. The third-order valence-electron chi connectivity index (χ3n) is 5.05. The van der Waals surface area contributed by atoms with Gasteiger partial charge in [-0.15, -0.1) is 0 Å². The highest BCUT2D eigenvalue weighted by atomic mass is 16.6. The van der Waals surface area contributed by atoms with E-state index in [9.17, 15) is 14.9 Å². The number of fused-ring (bicyclic) bond motifs is 3. The van der Waals surface area contributed by atoms with Gasteiger partial charge in [0.2, 0.25) is 5.90 Å². The highest BCUT2D eigenvalue weighted by Crippen LogP contribution is 2.46. The average molecular weight is 390 g/mol. The van der Waals surface area contributed by atoms with E-state index in [0.717, 1.165) is 10.8 Å². The van der Waals surface area contributed by atoms with E-state index >= 15 is 0 Å². The van der Waals surface area contributed by atoms with Gasteiger partial charge in [0.25, 0.3) is 5.69 Å². The van der Waals surface area contributed by atoms with Crippen molar-refractivity contribution in [2.75, 3.05) is 6.61 Å². The largest absolute Gasteiger partial charge is 0.465 e. The van der Waals surface area contributed by atoms with Gasteiger partial charge in [-0.05, 0) is 17.9 Å². The molecule has 146 valence electrons. The smallest absolute Gasteiger partial charge is 0.319 e. The molecule has 0 bridgehead atoms. The minimum Gasteiger partial charge on any atom is -0.465 e. The molecule has 3 aromatic carbocycles. The monoisotopic (exact) mass is 390 g/mol. The molecule has 0 saturated heterocycles. The number of non-ortho nitro benzene ring substituents is 1. The fraction of sp³-hybridized carbons (Fsp3) is 0.182. The van der Waals surface area contributed by atoms with Gasteiger partial charge in [-0.2, -0.15) is 0 Å². The summed E-state index contributed by atoms with van der Waals surface area (Å²) in [5.41, 5.74) is 1.17. The Balaban J connectivity index is 1.96. The van der Waals surface area contributed by atoms with Gasteiger partial charge >= 0.3 is 5.97 Å². The van der Waals surface area contributed by atoms with Crippen LogP contribution in [0, 0.1) is 21.4 Å². The van der Waals surface area contributed by atoms with E-state index in [4.69, 9.17) is 14.9 Å². The predicted octanol–water partition coefficient (Wildman–Crippen LogP) is 4.43. The molecule has 0 saturated carbocycles. The van der Waals surface area contributed by atoms with Crippen LogP contribution >= 0.6 is 0 Å². The Morgan fingerprint density at radius 3 is 2.72 bits per heavy atom. The van der Waals surface area contributed by atoms with E-state index < -0.39 is 22.7 Å². The Morgan fingerprint density at radius 1 is 1.17 bits per heavy atom. The molecule has 0 amide bonds. The first-order chi connectivity index (χ1) is 14.0. The van der Waals surface area contributed by atoms with Gasteiger partial charge in [0.05, 0.1) is 11.5 Å². The van der Waals surface area contributed by atoms with Crippen LogP contribution < -0.4 is 4.74 Å². The third kappa shape index (κ3) is 3.20. The minimum atomic E-state index is -1.02. The molecule has 0 radical (unpaired) electrons. The summed E-state index contributed by atoms with van der Waals surface area (Å²) in [6.07, 6.45) is 0. The number of carbonyl (C=O) groups excluding carboxylic acids is 1. The fourth-order valence-corrected chi connectivity index (χ4v) is 3.80. The van der Waals surface area contributed by atoms with Crippen LogP contribution in [-0.4, -0.2) is 23.4 Å². The van der Waals surface area contributed by atoms with Crippen molar-refractivity contribution in [3.05, 3.63) is 81.9 Å². The maximum Gasteiger partial charge on any atom is 0.319 e. The zero-order valence-electron chi connectivity index (χ0n) is 15.6. The number of hydrogen-bond acceptors (Lipinski definition) is 6. The number of nitrogens with zero attached hydrogens (tertiary/aromatic N) is 1. The summed E-state index contributed by atoms with van der Waals surface area (Å²) in [5.74, 6) is -1.98. The molecule has 1 heterocycles. The van der Waals surface area contributed by atoms with E-state index in [2.05, 4.69) is 0 Å². The number of carbonyl (C=O) groups is 1. The van der Waals surface area contributed by atoms with E-state index in [0.29, 0.717) is 16.9 Å². The quantitative estimate of drug-likeness (QED) is 0.403. The number of esters is 1. The molecule has 1 N–H and O–H groups in total. The van der Waals surface area contributed by atoms with Crippen molar-refractivity contribution in [2.45, 2.75) is 12.8 Å². The summed E-state index contributed by atoms with van der Waals surface area (Å²) in [5, 5.41) is 21.5. The maximum absolute atomic E-state index is 12.7. The first-order valence-corrected chi connectivity index (χ1v) is 9.20. The van der Waals surface area contributed by atoms with Crippen LogP contribution in [0.15, 0.2) is 60.7 Å². The lowest BCUT2D eigenvalue weighted by molar-refractivity contribution is -0.384. The normalized spacial score (nSPS) is 18.0. The van der Waals surface area contributed by atoms with Gasteiger partial charge in [-0.25, -0.2) is 0 Å². The second kappa shape index (κ2) is 7.35. The second-order valence-corrected chi connectivity index (χ2v) is 6.73. The number of nitro benzene ring substituents is 1. The number of hydrogen-bond donors (Lipinski definition) is 1. The molecule has 29 heavy (non-hydrogen) atoms. The Morgan fingerprint density at radius 2 is 1.97 bits per heavy atom. The summed E-state index contributed by atoms with van der Waals surface area (Å²) in [6.45, 7) is 1.85. The molecule has 1 aliphatic rings. The summed E-state index contributed by atoms with van der Waals surface area (Å²) in [4.78, 5) is 23.5. The van der Waals surface area contributed by atoms with Crippen LogP contribution in [0.5, 0.6) is 5.75 Å². The van der Waals surface area contributed by atoms with Gasteiger partial charge in [0.15, 0.2) is 0 Å². The van der Waals surface area contributed by atoms with Gasteiger partial charge < -0.3 is 9.47 Å². The Hall–Kier alpha value is -3.74. The van der Waals surface area contributed by atoms with Crippen molar-refractivity contribution in [1.82, 2.24) is 0 Å². The van der Waals surface area contributed by atoms with Crippen LogP contribution in [0.2, 0.25) is 0 Å². The fourth-order valence-electron chi connectivity index (χ4n) is 3.80. The zero-order chi connectivity index (χ0) is 20.5. The molecule has 4 rings (SSSR count). The predicted molar refractivity (Wildman–Crippen MR) is 107 cm³/mol. The SMILES string of the molecule is CCOC(=O)C1C(=N)Oc2c(ccc3ccccc23)C1c1cccc([N+](=O)[O-])c1. The Labute approximate surface area is 166 Å². The molecule has 2 atom stereocenters. The topological polar surface area (TPSA) is 103 Å². The first kappa shape index (κ1) is 18.6. The van der Waals surface area contributed by atoms with Crippen molar-refractivity contribution in [3.8, 4) is 5.75 Å². The molecule has 0 aromatic heterocycles. The average Bonchev–Trinajstić information content (AvgIpc) is 2.73. The van der Waals surface area contributed by atoms with E-state index in [1.54, 1.807) is 19.1 Å². The molecule has 3 aromatic rings. The van der Waals surface area contributed by atoms with Crippen LogP contribution in [0.25, 0.3) is 10.8 Å². The minimum absolute atomic E-state index is 0.0783. The zero-order valence-corrected chi connectivity index (χ0v) is 15.6. The van der Waals surface area contributed by atoms with Crippen molar-refractivity contribution < 1.29 is 19.2 Å². The van der Waals surface area contributed by atoms with Crippen molar-refractivity contribution in [3.63, 3.8) is 0 Å². The highest BCUT2D eigenvalue weighted by molar-refractivity contribution is 6.03. The van der Waals surface area contributed by atoms with Crippen molar-refractivity contribution >= 4 is 28.3 Å². The van der Waals surface area contributed by atoms with E-state index in [1.165, 1.54) is 12.1 Å². The van der Waals surface area contributed by atoms with Crippen LogP contribution in [0.4, 0.5) is 5.69 Å². The summed E-state index contributed by atoms with van der Waals surface area (Å²) in [7, 11) is 0. The van der Waals surface area contributed by atoms with Gasteiger partial charge in [-0.3, -0.25) is 20.3 Å². The molecule has 0 spiro atoms. The number of ether oxygens (including phenoxy) is 2. The van der Waals surface area contributed by atoms with Crippen LogP contribution in [0.3, 0.4) is 0 Å². The van der Waals surface area contributed by atoms with Crippen LogP contribution in [0.1, 0.15) is 24.0 Å². The van der Waals surface area contributed by atoms with Crippen molar-refractivity contribution in [2.24, 2.45) is 5.92 Å². The molecule has 2 unspecified atom stereocenters. The molecule has 7 heteroatoms. The second-order valence-electron chi connectivity index (χ2n) is 6.73. The van der Waals surface area contributed by atoms with Gasteiger partial charge in [0, 0.05) is 29.0 Å². The molecule has 7 nitrogen and oxygen atoms in total. The molecule has 0 fully saturated rings. The Bertz CT molecular complexity index is 1140. The highest BCUT2D eigenvalue weighted by Gasteiger charge is 2.43. The van der Waals surface area contributed by atoms with Gasteiger partial charge in [0.1, 0.15) is 11.7 Å². The lowest BCUT2D eigenvalue weighted by Gasteiger charge is -2.33. The summed E-state index contributed by atoms with van der Waals surface area (Å²) < 4.78 is 11.0. The summed E-state index contributed by atoms with van der Waals surface area (Å²) in [6, 6.07) is 17.5. The lowest BCUT2D eigenvalue weighted by Crippen LogP contribution is -2.38.